The first-order valence-corrected chi connectivity index (χ1v) is 8.44. The minimum atomic E-state index is 0.0367. The highest BCUT2D eigenvalue weighted by Gasteiger charge is 2.20. The molecule has 0 spiro atoms. The van der Waals surface area contributed by atoms with Crippen LogP contribution in [0.25, 0.3) is 6.08 Å². The van der Waals surface area contributed by atoms with E-state index in [1.165, 1.54) is 5.57 Å². The van der Waals surface area contributed by atoms with Crippen LogP contribution in [0.15, 0.2) is 23.8 Å². The molecule has 1 aromatic rings. The summed E-state index contributed by atoms with van der Waals surface area (Å²) in [6.07, 6.45) is 4.30. The number of rotatable bonds is 5. The van der Waals surface area contributed by atoms with Gasteiger partial charge in [0.25, 0.3) is 0 Å². The molecule has 126 valence electrons. The SMILES string of the molecule is CC(=O)NC[C@@H]1CCCN(C/C(C)=C/c2cc(Cl)ccc2O)C1. The minimum Gasteiger partial charge on any atom is -0.507 e. The van der Waals surface area contributed by atoms with E-state index < -0.39 is 0 Å². The first-order valence-electron chi connectivity index (χ1n) is 8.06. The molecule has 2 rings (SSSR count). The fourth-order valence-corrected chi connectivity index (χ4v) is 3.23. The highest BCUT2D eigenvalue weighted by molar-refractivity contribution is 6.30. The summed E-state index contributed by atoms with van der Waals surface area (Å²) in [6.45, 7) is 7.31. The standard InChI is InChI=1S/C18H25ClN2O2/c1-13(8-16-9-17(19)5-6-18(16)23)11-21-7-3-4-15(12-21)10-20-14(2)22/h5-6,8-9,15,23H,3-4,7,10-12H2,1-2H3,(H,20,22)/b13-8+/t15-/m0/s1. The van der Waals surface area contributed by atoms with E-state index in [0.29, 0.717) is 10.9 Å². The lowest BCUT2D eigenvalue weighted by Gasteiger charge is -2.33. The highest BCUT2D eigenvalue weighted by Crippen LogP contribution is 2.24. The number of phenolic OH excluding ortho intramolecular Hbond substituents is 1. The van der Waals surface area contributed by atoms with Crippen molar-refractivity contribution in [3.63, 3.8) is 0 Å². The van der Waals surface area contributed by atoms with Crippen molar-refractivity contribution in [2.75, 3.05) is 26.2 Å². The van der Waals surface area contributed by atoms with Crippen LogP contribution in [-0.4, -0.2) is 42.1 Å². The van der Waals surface area contributed by atoms with Gasteiger partial charge in [0.05, 0.1) is 0 Å². The van der Waals surface area contributed by atoms with E-state index in [-0.39, 0.29) is 11.7 Å². The van der Waals surface area contributed by atoms with Crippen LogP contribution in [0.3, 0.4) is 0 Å². The summed E-state index contributed by atoms with van der Waals surface area (Å²) >= 11 is 5.99. The molecule has 1 heterocycles. The van der Waals surface area contributed by atoms with Gasteiger partial charge in [-0.3, -0.25) is 9.69 Å². The van der Waals surface area contributed by atoms with Crippen molar-refractivity contribution in [2.24, 2.45) is 5.92 Å². The number of nitrogens with one attached hydrogen (secondary N) is 1. The molecule has 0 bridgehead atoms. The number of nitrogens with zero attached hydrogens (tertiary/aromatic N) is 1. The second kappa shape index (κ2) is 8.37. The van der Waals surface area contributed by atoms with Crippen LogP contribution < -0.4 is 5.32 Å². The van der Waals surface area contributed by atoms with Gasteiger partial charge in [-0.1, -0.05) is 23.3 Å². The zero-order valence-corrected chi connectivity index (χ0v) is 14.6. The predicted molar refractivity (Wildman–Crippen MR) is 94.6 cm³/mol. The van der Waals surface area contributed by atoms with Crippen LogP contribution >= 0.6 is 11.6 Å². The maximum atomic E-state index is 11.0. The lowest BCUT2D eigenvalue weighted by molar-refractivity contribution is -0.119. The average Bonchev–Trinajstić information content (AvgIpc) is 2.49. The Labute approximate surface area is 143 Å². The fraction of sp³-hybridized carbons (Fsp3) is 0.500. The van der Waals surface area contributed by atoms with Crippen molar-refractivity contribution in [1.82, 2.24) is 10.2 Å². The third kappa shape index (κ3) is 5.88. The molecule has 1 aromatic carbocycles. The first kappa shape index (κ1) is 17.8. The third-order valence-electron chi connectivity index (χ3n) is 4.11. The Morgan fingerprint density at radius 1 is 1.48 bits per heavy atom. The Morgan fingerprint density at radius 3 is 3.00 bits per heavy atom. The summed E-state index contributed by atoms with van der Waals surface area (Å²) in [5.74, 6) is 0.797. The molecule has 1 fully saturated rings. The summed E-state index contributed by atoms with van der Waals surface area (Å²) < 4.78 is 0. The smallest absolute Gasteiger partial charge is 0.216 e. The molecule has 1 saturated heterocycles. The van der Waals surface area contributed by atoms with Crippen LogP contribution in [0.5, 0.6) is 5.75 Å². The Bertz CT molecular complexity index is 586. The van der Waals surface area contributed by atoms with E-state index in [2.05, 4.69) is 17.1 Å². The Kier molecular flexibility index (Phi) is 6.48. The van der Waals surface area contributed by atoms with Crippen LogP contribution in [0, 0.1) is 5.92 Å². The number of piperidine rings is 1. The molecule has 23 heavy (non-hydrogen) atoms. The molecule has 0 aliphatic carbocycles. The second-order valence-corrected chi connectivity index (χ2v) is 6.81. The van der Waals surface area contributed by atoms with Crippen molar-refractivity contribution in [3.8, 4) is 5.75 Å². The molecule has 0 saturated carbocycles. The average molecular weight is 337 g/mol. The summed E-state index contributed by atoms with van der Waals surface area (Å²) in [5.41, 5.74) is 1.93. The lowest BCUT2D eigenvalue weighted by atomic mass is 9.97. The second-order valence-electron chi connectivity index (χ2n) is 6.37. The van der Waals surface area contributed by atoms with Gasteiger partial charge in [0.1, 0.15) is 5.75 Å². The number of likely N-dealkylation sites (tertiary alicyclic amines) is 1. The number of carbonyl (C=O) groups is 1. The molecular formula is C18H25ClN2O2. The van der Waals surface area contributed by atoms with Gasteiger partial charge in [-0.15, -0.1) is 0 Å². The van der Waals surface area contributed by atoms with Gasteiger partial charge in [-0.2, -0.15) is 0 Å². The van der Waals surface area contributed by atoms with E-state index in [9.17, 15) is 9.90 Å². The van der Waals surface area contributed by atoms with Gasteiger partial charge in [0.2, 0.25) is 5.91 Å². The number of carbonyl (C=O) groups excluding carboxylic acids is 1. The minimum absolute atomic E-state index is 0.0367. The maximum absolute atomic E-state index is 11.0. The quantitative estimate of drug-likeness (QED) is 0.867. The number of benzene rings is 1. The predicted octanol–water partition coefficient (Wildman–Crippen LogP) is 3.30. The molecule has 1 aliphatic rings. The van der Waals surface area contributed by atoms with Crippen molar-refractivity contribution < 1.29 is 9.90 Å². The number of hydrogen-bond donors (Lipinski definition) is 2. The van der Waals surface area contributed by atoms with E-state index >= 15 is 0 Å². The zero-order valence-electron chi connectivity index (χ0n) is 13.8. The molecule has 1 atom stereocenters. The summed E-state index contributed by atoms with van der Waals surface area (Å²) in [5, 5.41) is 13.4. The van der Waals surface area contributed by atoms with Crippen LogP contribution in [0.2, 0.25) is 5.02 Å². The van der Waals surface area contributed by atoms with Gasteiger partial charge in [-0.05, 0) is 50.4 Å². The van der Waals surface area contributed by atoms with Gasteiger partial charge >= 0.3 is 0 Å². The van der Waals surface area contributed by atoms with Gasteiger partial charge in [0, 0.05) is 37.1 Å². The van der Waals surface area contributed by atoms with Crippen LogP contribution in [0.1, 0.15) is 32.3 Å². The molecule has 2 N–H and O–H groups in total. The van der Waals surface area contributed by atoms with Crippen molar-refractivity contribution >= 4 is 23.6 Å². The molecule has 1 aliphatic heterocycles. The molecule has 4 nitrogen and oxygen atoms in total. The monoisotopic (exact) mass is 336 g/mol. The van der Waals surface area contributed by atoms with Crippen LogP contribution in [-0.2, 0) is 4.79 Å². The lowest BCUT2D eigenvalue weighted by Crippen LogP contribution is -2.41. The topological polar surface area (TPSA) is 52.6 Å². The van der Waals surface area contributed by atoms with E-state index in [1.807, 2.05) is 6.08 Å². The molecule has 0 radical (unpaired) electrons. The fourth-order valence-electron chi connectivity index (χ4n) is 3.05. The molecule has 5 heteroatoms. The molecular weight excluding hydrogens is 312 g/mol. The van der Waals surface area contributed by atoms with Gasteiger partial charge < -0.3 is 10.4 Å². The number of hydrogen-bond acceptors (Lipinski definition) is 3. The molecule has 0 unspecified atom stereocenters. The summed E-state index contributed by atoms with van der Waals surface area (Å²) in [6, 6.07) is 5.07. The Morgan fingerprint density at radius 2 is 2.26 bits per heavy atom. The largest absolute Gasteiger partial charge is 0.507 e. The van der Waals surface area contributed by atoms with E-state index in [0.717, 1.165) is 44.6 Å². The van der Waals surface area contributed by atoms with Crippen molar-refractivity contribution in [2.45, 2.75) is 26.7 Å². The zero-order chi connectivity index (χ0) is 16.8. The number of aromatic hydroxyl groups is 1. The van der Waals surface area contributed by atoms with Crippen LogP contribution in [0.4, 0.5) is 0 Å². The first-order chi connectivity index (χ1) is 10.9. The molecule has 0 aromatic heterocycles. The Hall–Kier alpha value is -1.52. The molecule has 1 amide bonds. The third-order valence-corrected chi connectivity index (χ3v) is 4.34. The maximum Gasteiger partial charge on any atom is 0.216 e. The van der Waals surface area contributed by atoms with E-state index in [1.54, 1.807) is 25.1 Å². The van der Waals surface area contributed by atoms with Gasteiger partial charge in [-0.25, -0.2) is 0 Å². The number of phenols is 1. The number of halogens is 1. The van der Waals surface area contributed by atoms with E-state index in [4.69, 9.17) is 11.6 Å². The normalized spacial score (nSPS) is 19.6. The van der Waals surface area contributed by atoms with Crippen molar-refractivity contribution in [1.29, 1.82) is 0 Å². The summed E-state index contributed by atoms with van der Waals surface area (Å²) in [4.78, 5) is 13.4. The number of amides is 1. The van der Waals surface area contributed by atoms with Gasteiger partial charge in [0.15, 0.2) is 0 Å². The highest BCUT2D eigenvalue weighted by atomic mass is 35.5. The Balaban J connectivity index is 1.93. The summed E-state index contributed by atoms with van der Waals surface area (Å²) in [7, 11) is 0. The van der Waals surface area contributed by atoms with Crippen molar-refractivity contribution in [3.05, 3.63) is 34.4 Å².